The van der Waals surface area contributed by atoms with Crippen LogP contribution in [0.2, 0.25) is 0 Å². The fraction of sp³-hybridized carbons (Fsp3) is 0.400. The topological polar surface area (TPSA) is 62.2 Å². The van der Waals surface area contributed by atoms with Crippen LogP contribution in [0.5, 0.6) is 0 Å². The van der Waals surface area contributed by atoms with E-state index in [9.17, 15) is 9.18 Å². The number of carbonyl (C=O) groups is 1. The van der Waals surface area contributed by atoms with E-state index in [2.05, 4.69) is 10.3 Å². The molecule has 0 aromatic carbocycles. The van der Waals surface area contributed by atoms with Crippen LogP contribution < -0.4 is 5.32 Å². The van der Waals surface area contributed by atoms with Crippen molar-refractivity contribution in [2.24, 2.45) is 0 Å². The second-order valence-electron chi connectivity index (χ2n) is 3.36. The monoisotopic (exact) mass is 244 g/mol. The molecule has 1 rings (SSSR count). The van der Waals surface area contributed by atoms with Crippen LogP contribution in [-0.4, -0.2) is 34.1 Å². The van der Waals surface area contributed by atoms with E-state index in [1.54, 1.807) is 11.8 Å². The van der Waals surface area contributed by atoms with E-state index in [1.165, 1.54) is 0 Å². The Morgan fingerprint density at radius 3 is 3.00 bits per heavy atom. The number of carboxylic acid groups (broad SMARTS) is 1. The van der Waals surface area contributed by atoms with E-state index < -0.39 is 11.8 Å². The van der Waals surface area contributed by atoms with Crippen molar-refractivity contribution >= 4 is 23.5 Å². The van der Waals surface area contributed by atoms with Gasteiger partial charge in [-0.05, 0) is 19.2 Å². The number of rotatable bonds is 5. The molecule has 1 heterocycles. The molecule has 6 heteroatoms. The molecule has 0 fully saturated rings. The van der Waals surface area contributed by atoms with Gasteiger partial charge in [-0.1, -0.05) is 0 Å². The Morgan fingerprint density at radius 1 is 1.75 bits per heavy atom. The number of thioether (sulfide) groups is 1. The average Bonchev–Trinajstić information content (AvgIpc) is 2.20. The Kier molecular flexibility index (Phi) is 4.54. The van der Waals surface area contributed by atoms with Gasteiger partial charge >= 0.3 is 5.97 Å². The predicted molar refractivity (Wildman–Crippen MR) is 62.6 cm³/mol. The van der Waals surface area contributed by atoms with E-state index in [4.69, 9.17) is 5.11 Å². The molecule has 0 aliphatic carbocycles. The van der Waals surface area contributed by atoms with Gasteiger partial charge in [0.2, 0.25) is 0 Å². The van der Waals surface area contributed by atoms with Crippen molar-refractivity contribution in [1.82, 2.24) is 4.98 Å². The highest BCUT2D eigenvalue weighted by atomic mass is 32.2. The van der Waals surface area contributed by atoms with Crippen molar-refractivity contribution in [1.29, 1.82) is 0 Å². The number of pyridine rings is 1. The molecular weight excluding hydrogens is 231 g/mol. The van der Waals surface area contributed by atoms with Gasteiger partial charge in [-0.3, -0.25) is 0 Å². The van der Waals surface area contributed by atoms with Crippen LogP contribution >= 0.6 is 11.8 Å². The molecule has 1 aromatic heterocycles. The summed E-state index contributed by atoms with van der Waals surface area (Å²) in [6, 6.07) is 1.04. The molecule has 0 aliphatic rings. The van der Waals surface area contributed by atoms with Crippen LogP contribution in [0.3, 0.4) is 0 Å². The van der Waals surface area contributed by atoms with Crippen molar-refractivity contribution in [2.75, 3.05) is 17.3 Å². The van der Waals surface area contributed by atoms with E-state index >= 15 is 0 Å². The number of hydrogen-bond donors (Lipinski definition) is 2. The summed E-state index contributed by atoms with van der Waals surface area (Å²) in [5.41, 5.74) is -0.145. The first-order valence-corrected chi connectivity index (χ1v) is 6.08. The number of aromatic nitrogens is 1. The van der Waals surface area contributed by atoms with Gasteiger partial charge in [-0.15, -0.1) is 0 Å². The number of halogens is 1. The summed E-state index contributed by atoms with van der Waals surface area (Å²) in [5, 5.41) is 11.8. The third-order valence-electron chi connectivity index (χ3n) is 1.88. The lowest BCUT2D eigenvalue weighted by Gasteiger charge is -2.14. The molecule has 2 N–H and O–H groups in total. The van der Waals surface area contributed by atoms with Gasteiger partial charge in [0.15, 0.2) is 0 Å². The summed E-state index contributed by atoms with van der Waals surface area (Å²) in [4.78, 5) is 14.6. The smallest absolute Gasteiger partial charge is 0.339 e. The summed E-state index contributed by atoms with van der Waals surface area (Å²) in [5.74, 6) is -0.820. The Morgan fingerprint density at radius 2 is 2.44 bits per heavy atom. The lowest BCUT2D eigenvalue weighted by Crippen LogP contribution is -2.20. The Bertz CT molecular complexity index is 387. The van der Waals surface area contributed by atoms with Crippen molar-refractivity contribution in [3.8, 4) is 0 Å². The molecule has 16 heavy (non-hydrogen) atoms. The maximum Gasteiger partial charge on any atom is 0.339 e. The van der Waals surface area contributed by atoms with Crippen molar-refractivity contribution in [3.63, 3.8) is 0 Å². The van der Waals surface area contributed by atoms with E-state index in [-0.39, 0.29) is 17.4 Å². The third-order valence-corrected chi connectivity index (χ3v) is 2.72. The molecule has 4 nitrogen and oxygen atoms in total. The highest BCUT2D eigenvalue weighted by Crippen LogP contribution is 2.15. The summed E-state index contributed by atoms with van der Waals surface area (Å²) in [7, 11) is 0. The molecule has 0 aliphatic heterocycles. The maximum absolute atomic E-state index is 12.8. The molecule has 88 valence electrons. The third kappa shape index (κ3) is 3.37. The quantitative estimate of drug-likeness (QED) is 0.830. The lowest BCUT2D eigenvalue weighted by molar-refractivity contribution is 0.0697. The van der Waals surface area contributed by atoms with E-state index in [0.717, 1.165) is 18.0 Å². The van der Waals surface area contributed by atoms with Crippen LogP contribution in [0.25, 0.3) is 0 Å². The molecule has 1 unspecified atom stereocenters. The first-order valence-electron chi connectivity index (χ1n) is 4.69. The number of aromatic carboxylic acids is 1. The minimum Gasteiger partial charge on any atom is -0.478 e. The molecule has 0 saturated carbocycles. The van der Waals surface area contributed by atoms with Gasteiger partial charge in [0, 0.05) is 11.8 Å². The molecule has 0 amide bonds. The molecule has 0 spiro atoms. The number of nitrogens with one attached hydrogen (secondary N) is 1. The Labute approximate surface area is 97.3 Å². The number of hydrogen-bond acceptors (Lipinski definition) is 4. The maximum atomic E-state index is 12.8. The summed E-state index contributed by atoms with van der Waals surface area (Å²) in [6.45, 7) is 1.91. The van der Waals surface area contributed by atoms with Gasteiger partial charge in [0.25, 0.3) is 0 Å². The zero-order valence-corrected chi connectivity index (χ0v) is 9.84. The Balaban J connectivity index is 2.90. The van der Waals surface area contributed by atoms with Gasteiger partial charge in [-0.2, -0.15) is 11.8 Å². The van der Waals surface area contributed by atoms with E-state index in [0.29, 0.717) is 0 Å². The van der Waals surface area contributed by atoms with Crippen LogP contribution in [0, 0.1) is 5.82 Å². The summed E-state index contributed by atoms with van der Waals surface area (Å²) < 4.78 is 12.8. The number of anilines is 1. The minimum absolute atomic E-state index is 0.0751. The Hall–Kier alpha value is -1.30. The van der Waals surface area contributed by atoms with Crippen LogP contribution in [-0.2, 0) is 0 Å². The van der Waals surface area contributed by atoms with E-state index in [1.807, 2.05) is 13.2 Å². The molecule has 0 saturated heterocycles. The van der Waals surface area contributed by atoms with Crippen LogP contribution in [0.1, 0.15) is 17.3 Å². The van der Waals surface area contributed by atoms with Crippen LogP contribution in [0.15, 0.2) is 12.3 Å². The number of carboxylic acids is 1. The molecule has 1 aromatic rings. The SMILES string of the molecule is CSCC(C)Nc1ncc(F)cc1C(=O)O. The molecular formula is C10H13FN2O2S. The molecule has 1 atom stereocenters. The first-order chi connectivity index (χ1) is 7.54. The highest BCUT2D eigenvalue weighted by molar-refractivity contribution is 7.98. The molecule has 0 bridgehead atoms. The minimum atomic E-state index is -1.19. The molecule has 0 radical (unpaired) electrons. The van der Waals surface area contributed by atoms with Gasteiger partial charge in [-0.25, -0.2) is 14.2 Å². The fourth-order valence-electron chi connectivity index (χ4n) is 1.24. The van der Waals surface area contributed by atoms with Crippen molar-refractivity contribution < 1.29 is 14.3 Å². The zero-order chi connectivity index (χ0) is 12.1. The largest absolute Gasteiger partial charge is 0.478 e. The zero-order valence-electron chi connectivity index (χ0n) is 9.03. The first kappa shape index (κ1) is 12.8. The summed E-state index contributed by atoms with van der Waals surface area (Å²) in [6.07, 6.45) is 2.95. The fourth-order valence-corrected chi connectivity index (χ4v) is 1.83. The highest BCUT2D eigenvalue weighted by Gasteiger charge is 2.14. The normalized spacial score (nSPS) is 12.2. The van der Waals surface area contributed by atoms with Gasteiger partial charge < -0.3 is 10.4 Å². The summed E-state index contributed by atoms with van der Waals surface area (Å²) >= 11 is 1.63. The predicted octanol–water partition coefficient (Wildman–Crippen LogP) is 2.08. The lowest BCUT2D eigenvalue weighted by atomic mass is 10.2. The number of nitrogens with zero attached hydrogens (tertiary/aromatic N) is 1. The average molecular weight is 244 g/mol. The van der Waals surface area contributed by atoms with Crippen molar-refractivity contribution in [3.05, 3.63) is 23.6 Å². The second kappa shape index (κ2) is 5.69. The van der Waals surface area contributed by atoms with Gasteiger partial charge in [0.05, 0.1) is 6.20 Å². The van der Waals surface area contributed by atoms with Gasteiger partial charge in [0.1, 0.15) is 17.2 Å². The second-order valence-corrected chi connectivity index (χ2v) is 4.27. The van der Waals surface area contributed by atoms with Crippen molar-refractivity contribution in [2.45, 2.75) is 13.0 Å². The standard InChI is InChI=1S/C10H13FN2O2S/c1-6(5-16-2)13-9-8(10(14)15)3-7(11)4-12-9/h3-4,6H,5H2,1-2H3,(H,12,13)(H,14,15). The van der Waals surface area contributed by atoms with Crippen LogP contribution in [0.4, 0.5) is 10.2 Å².